The van der Waals surface area contributed by atoms with Gasteiger partial charge in [0.05, 0.1) is 0 Å². The van der Waals surface area contributed by atoms with Gasteiger partial charge in [-0.1, -0.05) is 281 Å². The van der Waals surface area contributed by atoms with Gasteiger partial charge in [0.2, 0.25) is 0 Å². The number of carbonyl (C=O) groups is 3. The van der Waals surface area contributed by atoms with Gasteiger partial charge in [0.25, 0.3) is 0 Å². The lowest BCUT2D eigenvalue weighted by atomic mass is 10.0. The second kappa shape index (κ2) is 60.9. The summed E-state index contributed by atoms with van der Waals surface area (Å²) < 4.78 is 16.9. The number of carbonyl (C=O) groups excluding carboxylic acids is 3. The van der Waals surface area contributed by atoms with Crippen LogP contribution in [-0.4, -0.2) is 37.2 Å². The van der Waals surface area contributed by atoms with Crippen LogP contribution in [0.15, 0.2) is 48.6 Å². The lowest BCUT2D eigenvalue weighted by Gasteiger charge is -2.18. The molecule has 0 saturated heterocycles. The minimum Gasteiger partial charge on any atom is -0.462 e. The first kappa shape index (κ1) is 69.4. The predicted octanol–water partition coefficient (Wildman–Crippen LogP) is 21.4. The van der Waals surface area contributed by atoms with E-state index in [1.54, 1.807) is 0 Å². The van der Waals surface area contributed by atoms with Crippen LogP contribution in [0.1, 0.15) is 335 Å². The van der Waals surface area contributed by atoms with E-state index < -0.39 is 6.10 Å². The fourth-order valence-electron chi connectivity index (χ4n) is 9.27. The van der Waals surface area contributed by atoms with Gasteiger partial charge in [-0.25, -0.2) is 0 Å². The third-order valence-electron chi connectivity index (χ3n) is 14.1. The van der Waals surface area contributed by atoms with Crippen molar-refractivity contribution in [3.8, 4) is 0 Å². The molecule has 6 nitrogen and oxygen atoms in total. The van der Waals surface area contributed by atoms with Gasteiger partial charge in [-0.15, -0.1) is 0 Å². The number of hydrogen-bond donors (Lipinski definition) is 0. The van der Waals surface area contributed by atoms with Crippen molar-refractivity contribution in [3.63, 3.8) is 0 Å². The van der Waals surface area contributed by atoms with Gasteiger partial charge in [-0.3, -0.25) is 14.4 Å². The van der Waals surface area contributed by atoms with Crippen LogP contribution in [0.2, 0.25) is 0 Å². The third-order valence-corrected chi connectivity index (χ3v) is 14.1. The molecule has 0 fully saturated rings. The molecule has 1 atom stereocenters. The maximum Gasteiger partial charge on any atom is 0.306 e. The number of hydrogen-bond acceptors (Lipinski definition) is 6. The highest BCUT2D eigenvalue weighted by molar-refractivity contribution is 5.71. The Morgan fingerprint density at radius 1 is 0.278 bits per heavy atom. The first-order chi connectivity index (χ1) is 35.5. The second-order valence-electron chi connectivity index (χ2n) is 21.3. The number of ether oxygens (including phenoxy) is 3. The van der Waals surface area contributed by atoms with Crippen LogP contribution in [0.3, 0.4) is 0 Å². The molecule has 0 aliphatic heterocycles. The molecule has 0 aromatic carbocycles. The Morgan fingerprint density at radius 3 is 0.792 bits per heavy atom. The Balaban J connectivity index is 4.34. The van der Waals surface area contributed by atoms with Gasteiger partial charge in [-0.2, -0.15) is 0 Å². The molecule has 6 heteroatoms. The zero-order valence-corrected chi connectivity index (χ0v) is 48.2. The van der Waals surface area contributed by atoms with E-state index in [0.29, 0.717) is 19.3 Å². The summed E-state index contributed by atoms with van der Waals surface area (Å²) in [5.74, 6) is -0.874. The lowest BCUT2D eigenvalue weighted by molar-refractivity contribution is -0.167. The maximum atomic E-state index is 12.9. The van der Waals surface area contributed by atoms with Crippen molar-refractivity contribution in [2.75, 3.05) is 13.2 Å². The summed E-state index contributed by atoms with van der Waals surface area (Å²) in [7, 11) is 0. The van der Waals surface area contributed by atoms with Crippen LogP contribution in [0.5, 0.6) is 0 Å². The van der Waals surface area contributed by atoms with Gasteiger partial charge in [0, 0.05) is 19.3 Å². The molecule has 0 rings (SSSR count). The first-order valence-corrected chi connectivity index (χ1v) is 31.6. The van der Waals surface area contributed by atoms with E-state index in [2.05, 4.69) is 69.4 Å². The number of unbranched alkanes of at least 4 members (excludes halogenated alkanes) is 39. The van der Waals surface area contributed by atoms with Crippen LogP contribution >= 0.6 is 0 Å². The lowest BCUT2D eigenvalue weighted by Crippen LogP contribution is -2.30. The molecule has 0 aromatic rings. The van der Waals surface area contributed by atoms with Crippen molar-refractivity contribution in [1.29, 1.82) is 0 Å². The summed E-state index contributed by atoms with van der Waals surface area (Å²) in [4.78, 5) is 38.3. The molecule has 0 spiro atoms. The van der Waals surface area contributed by atoms with Gasteiger partial charge in [0.1, 0.15) is 13.2 Å². The van der Waals surface area contributed by atoms with E-state index >= 15 is 0 Å². The summed E-state index contributed by atoms with van der Waals surface area (Å²) in [5.41, 5.74) is 0. The number of rotatable bonds is 58. The summed E-state index contributed by atoms with van der Waals surface area (Å²) in [6, 6.07) is 0. The van der Waals surface area contributed by atoms with E-state index in [1.807, 2.05) is 0 Å². The molecule has 72 heavy (non-hydrogen) atoms. The molecular weight excluding hydrogens is 889 g/mol. The normalized spacial score (nSPS) is 12.3. The summed E-state index contributed by atoms with van der Waals surface area (Å²) in [5, 5.41) is 0. The highest BCUT2D eigenvalue weighted by atomic mass is 16.6. The summed E-state index contributed by atoms with van der Waals surface area (Å²) in [6.45, 7) is 6.64. The topological polar surface area (TPSA) is 78.9 Å². The van der Waals surface area contributed by atoms with Gasteiger partial charge < -0.3 is 14.2 Å². The Morgan fingerprint density at radius 2 is 0.500 bits per heavy atom. The molecule has 420 valence electrons. The standard InChI is InChI=1S/C66H120O6/c1-4-7-10-13-16-19-22-25-28-30-32-33-34-36-38-41-44-47-50-53-56-59-65(68)71-62-63(61-70-64(67)58-55-52-49-46-43-40-37-27-24-21-18-15-12-9-6-3)72-66(69)60-57-54-51-48-45-42-39-35-31-29-26-23-20-17-14-11-8-5-2/h18,21-22,25,27,30,32,37,63H,4-17,19-20,23-24,26,28-29,31,33-36,38-62H2,1-3H3/b21-18-,25-22-,32-30-,37-27-. The first-order valence-electron chi connectivity index (χ1n) is 31.6. The van der Waals surface area contributed by atoms with Gasteiger partial charge >= 0.3 is 17.9 Å². The molecule has 0 aliphatic rings. The molecular formula is C66H120O6. The van der Waals surface area contributed by atoms with Gasteiger partial charge in [-0.05, 0) is 83.5 Å². The van der Waals surface area contributed by atoms with Crippen LogP contribution in [0.4, 0.5) is 0 Å². The molecule has 0 saturated carbocycles. The number of allylic oxidation sites excluding steroid dienone is 8. The molecule has 0 heterocycles. The van der Waals surface area contributed by atoms with Gasteiger partial charge in [0.15, 0.2) is 6.10 Å². The molecule has 0 aliphatic carbocycles. The van der Waals surface area contributed by atoms with Crippen LogP contribution in [0, 0.1) is 0 Å². The van der Waals surface area contributed by atoms with E-state index in [4.69, 9.17) is 14.2 Å². The van der Waals surface area contributed by atoms with Crippen molar-refractivity contribution < 1.29 is 28.6 Å². The summed E-state index contributed by atoms with van der Waals surface area (Å²) >= 11 is 0. The predicted molar refractivity (Wildman–Crippen MR) is 312 cm³/mol. The van der Waals surface area contributed by atoms with E-state index in [9.17, 15) is 14.4 Å². The zero-order valence-electron chi connectivity index (χ0n) is 48.2. The Bertz CT molecular complexity index is 1250. The van der Waals surface area contributed by atoms with Crippen molar-refractivity contribution in [2.24, 2.45) is 0 Å². The third kappa shape index (κ3) is 58.3. The SMILES string of the molecule is CCCCC/C=C\C/C=C\CCCCCCCC(=O)OCC(COC(=O)CCCCCCCCCCC/C=C\C/C=C\CCCCCCC)OC(=O)CCCCCCCCCCCCCCCCCCCC. The molecule has 0 radical (unpaired) electrons. The average Bonchev–Trinajstić information content (AvgIpc) is 3.38. The van der Waals surface area contributed by atoms with Crippen LogP contribution in [0.25, 0.3) is 0 Å². The fraction of sp³-hybridized carbons (Fsp3) is 0.833. The molecule has 1 unspecified atom stereocenters. The summed E-state index contributed by atoms with van der Waals surface area (Å²) in [6.07, 6.45) is 75.4. The van der Waals surface area contributed by atoms with Crippen LogP contribution < -0.4 is 0 Å². The molecule has 0 bridgehead atoms. The van der Waals surface area contributed by atoms with Crippen molar-refractivity contribution >= 4 is 17.9 Å². The Hall–Kier alpha value is -2.63. The van der Waals surface area contributed by atoms with Crippen molar-refractivity contribution in [1.82, 2.24) is 0 Å². The Labute approximate surface area is 448 Å². The maximum absolute atomic E-state index is 12.9. The van der Waals surface area contributed by atoms with Crippen molar-refractivity contribution in [2.45, 2.75) is 341 Å². The highest BCUT2D eigenvalue weighted by Gasteiger charge is 2.19. The second-order valence-corrected chi connectivity index (χ2v) is 21.3. The molecule has 0 amide bonds. The average molecular weight is 1010 g/mol. The minimum atomic E-state index is -0.779. The fourth-order valence-corrected chi connectivity index (χ4v) is 9.27. The molecule has 0 aromatic heterocycles. The minimum absolute atomic E-state index is 0.0766. The van der Waals surface area contributed by atoms with Crippen LogP contribution in [-0.2, 0) is 28.6 Å². The van der Waals surface area contributed by atoms with E-state index in [1.165, 1.54) is 212 Å². The van der Waals surface area contributed by atoms with E-state index in [-0.39, 0.29) is 31.1 Å². The monoisotopic (exact) mass is 1010 g/mol. The largest absolute Gasteiger partial charge is 0.462 e. The van der Waals surface area contributed by atoms with E-state index in [0.717, 1.165) is 83.5 Å². The quantitative estimate of drug-likeness (QED) is 0.0261. The highest BCUT2D eigenvalue weighted by Crippen LogP contribution is 2.17. The number of esters is 3. The van der Waals surface area contributed by atoms with Crippen molar-refractivity contribution in [3.05, 3.63) is 48.6 Å². The Kier molecular flexibility index (Phi) is 58.7. The zero-order chi connectivity index (χ0) is 52.2. The molecule has 0 N–H and O–H groups in total. The smallest absolute Gasteiger partial charge is 0.306 e.